The van der Waals surface area contributed by atoms with Crippen LogP contribution in [0, 0.1) is 0 Å². The number of aliphatic hydroxyl groups excluding tert-OH is 1. The van der Waals surface area contributed by atoms with Crippen molar-refractivity contribution in [2.24, 2.45) is 0 Å². The van der Waals surface area contributed by atoms with Crippen molar-refractivity contribution in [3.05, 3.63) is 40.5 Å². The van der Waals surface area contributed by atoms with Crippen LogP contribution in [0.15, 0.2) is 29.2 Å². The molecule has 176 valence electrons. The Hall–Kier alpha value is -1.70. The molecule has 2 aliphatic carbocycles. The fourth-order valence-electron chi connectivity index (χ4n) is 5.71. The normalized spacial score (nSPS) is 27.0. The second-order valence-electron chi connectivity index (χ2n) is 10.4. The summed E-state index contributed by atoms with van der Waals surface area (Å²) in [4.78, 5) is 13.1. The largest absolute Gasteiger partial charge is 0.394 e. The maximum absolute atomic E-state index is 13.1. The van der Waals surface area contributed by atoms with Crippen molar-refractivity contribution in [2.45, 2.75) is 73.1 Å². The van der Waals surface area contributed by atoms with E-state index in [1.807, 2.05) is 12.1 Å². The Morgan fingerprint density at radius 1 is 1.09 bits per heavy atom. The molecule has 1 saturated heterocycles. The monoisotopic (exact) mass is 486 g/mol. The third-order valence-electron chi connectivity index (χ3n) is 8.19. The summed E-state index contributed by atoms with van der Waals surface area (Å²) in [6.07, 6.45) is 8.31. The average Bonchev–Trinajstić information content (AvgIpc) is 3.55. The number of hydrogen-bond donors (Lipinski definition) is 2. The number of benzene rings is 1. The molecule has 2 atom stereocenters. The first kappa shape index (κ1) is 21.8. The molecular weight excluding hydrogens is 456 g/mol. The van der Waals surface area contributed by atoms with Crippen molar-refractivity contribution >= 4 is 34.2 Å². The van der Waals surface area contributed by atoms with Gasteiger partial charge in [0.15, 0.2) is 0 Å². The Labute approximate surface area is 202 Å². The van der Waals surface area contributed by atoms with Crippen molar-refractivity contribution in [2.75, 3.05) is 35.7 Å². The zero-order valence-corrected chi connectivity index (χ0v) is 20.4. The van der Waals surface area contributed by atoms with Gasteiger partial charge in [0.1, 0.15) is 10.7 Å². The van der Waals surface area contributed by atoms with Crippen molar-refractivity contribution in [3.8, 4) is 0 Å². The number of halogens is 1. The Morgan fingerprint density at radius 3 is 2.55 bits per heavy atom. The molecule has 33 heavy (non-hydrogen) atoms. The van der Waals surface area contributed by atoms with E-state index in [-0.39, 0.29) is 17.6 Å². The first-order valence-electron chi connectivity index (χ1n) is 12.2. The van der Waals surface area contributed by atoms with E-state index in [4.69, 9.17) is 21.6 Å². The molecule has 2 aromatic rings. The van der Waals surface area contributed by atoms with Crippen LogP contribution in [0.2, 0.25) is 5.02 Å². The van der Waals surface area contributed by atoms with Gasteiger partial charge in [-0.3, -0.25) is 4.21 Å². The van der Waals surface area contributed by atoms with E-state index in [2.05, 4.69) is 22.3 Å². The first-order chi connectivity index (χ1) is 16.0. The SMILES string of the molecule is O=[S@@]1CC2(CC2)c2nc(N3CCCC(c4ccc(Cl)cc4)CC3)nc(NC3(CO)CCC3)c21. The van der Waals surface area contributed by atoms with E-state index < -0.39 is 10.8 Å². The molecule has 6 nitrogen and oxygen atoms in total. The van der Waals surface area contributed by atoms with Gasteiger partial charge in [-0.1, -0.05) is 23.7 Å². The Balaban J connectivity index is 1.30. The maximum atomic E-state index is 13.1. The van der Waals surface area contributed by atoms with Crippen molar-refractivity contribution in [1.82, 2.24) is 9.97 Å². The van der Waals surface area contributed by atoms with Gasteiger partial charge in [-0.25, -0.2) is 4.98 Å². The molecule has 6 rings (SSSR count). The molecule has 3 heterocycles. The third-order valence-corrected chi connectivity index (χ3v) is 10.1. The zero-order valence-electron chi connectivity index (χ0n) is 18.9. The Morgan fingerprint density at radius 2 is 1.88 bits per heavy atom. The molecule has 2 saturated carbocycles. The Bertz CT molecular complexity index is 1080. The highest BCUT2D eigenvalue weighted by Gasteiger charge is 2.55. The lowest BCUT2D eigenvalue weighted by molar-refractivity contribution is 0.143. The third kappa shape index (κ3) is 3.86. The number of nitrogens with zero attached hydrogens (tertiary/aromatic N) is 3. The molecule has 0 amide bonds. The number of nitrogens with one attached hydrogen (secondary N) is 1. The van der Waals surface area contributed by atoms with E-state index in [0.29, 0.717) is 17.5 Å². The minimum atomic E-state index is -1.08. The van der Waals surface area contributed by atoms with Crippen molar-refractivity contribution < 1.29 is 9.32 Å². The summed E-state index contributed by atoms with van der Waals surface area (Å²) >= 11 is 6.09. The smallest absolute Gasteiger partial charge is 0.227 e. The lowest BCUT2D eigenvalue weighted by atomic mass is 9.77. The van der Waals surface area contributed by atoms with Gasteiger partial charge in [0.2, 0.25) is 5.95 Å². The second kappa shape index (κ2) is 8.21. The van der Waals surface area contributed by atoms with Gasteiger partial charge < -0.3 is 15.3 Å². The van der Waals surface area contributed by atoms with Crippen LogP contribution >= 0.6 is 11.6 Å². The predicted octanol–water partition coefficient (Wildman–Crippen LogP) is 4.38. The quantitative estimate of drug-likeness (QED) is 0.652. The maximum Gasteiger partial charge on any atom is 0.227 e. The molecular formula is C25H31ClN4O2S. The number of aliphatic hydroxyl groups is 1. The molecule has 1 spiro atoms. The van der Waals surface area contributed by atoms with Gasteiger partial charge in [0.25, 0.3) is 0 Å². The number of rotatable bonds is 5. The van der Waals surface area contributed by atoms with Crippen LogP contribution in [0.5, 0.6) is 0 Å². The molecule has 1 aromatic heterocycles. The molecule has 1 aromatic carbocycles. The van der Waals surface area contributed by atoms with Gasteiger partial charge in [0, 0.05) is 29.3 Å². The van der Waals surface area contributed by atoms with Crippen LogP contribution in [0.1, 0.15) is 68.5 Å². The van der Waals surface area contributed by atoms with Crippen LogP contribution < -0.4 is 10.2 Å². The minimum Gasteiger partial charge on any atom is -0.394 e. The van der Waals surface area contributed by atoms with Gasteiger partial charge in [-0.2, -0.15) is 4.98 Å². The summed E-state index contributed by atoms with van der Waals surface area (Å²) in [5.74, 6) is 2.63. The fraction of sp³-hybridized carbons (Fsp3) is 0.600. The highest BCUT2D eigenvalue weighted by molar-refractivity contribution is 7.85. The van der Waals surface area contributed by atoms with Gasteiger partial charge in [0.05, 0.1) is 28.6 Å². The van der Waals surface area contributed by atoms with E-state index in [9.17, 15) is 9.32 Å². The molecule has 1 unspecified atom stereocenters. The first-order valence-corrected chi connectivity index (χ1v) is 13.9. The summed E-state index contributed by atoms with van der Waals surface area (Å²) in [6.45, 7) is 1.89. The topological polar surface area (TPSA) is 78.4 Å². The van der Waals surface area contributed by atoms with E-state index in [1.54, 1.807) is 0 Å². The highest BCUT2D eigenvalue weighted by atomic mass is 35.5. The van der Waals surface area contributed by atoms with E-state index >= 15 is 0 Å². The van der Waals surface area contributed by atoms with Crippen LogP contribution in [-0.2, 0) is 16.2 Å². The lowest BCUT2D eigenvalue weighted by Gasteiger charge is -2.41. The highest BCUT2D eigenvalue weighted by Crippen LogP contribution is 2.56. The summed E-state index contributed by atoms with van der Waals surface area (Å²) in [6, 6.07) is 8.26. The van der Waals surface area contributed by atoms with E-state index in [0.717, 1.165) is 86.0 Å². The Kier molecular flexibility index (Phi) is 5.42. The molecule has 2 N–H and O–H groups in total. The zero-order chi connectivity index (χ0) is 22.6. The van der Waals surface area contributed by atoms with Crippen molar-refractivity contribution in [3.63, 3.8) is 0 Å². The average molecular weight is 487 g/mol. The number of fused-ring (bicyclic) bond motifs is 2. The van der Waals surface area contributed by atoms with Gasteiger partial charge >= 0.3 is 0 Å². The second-order valence-corrected chi connectivity index (χ2v) is 12.2. The van der Waals surface area contributed by atoms with Gasteiger partial charge in [-0.15, -0.1) is 0 Å². The molecule has 4 aliphatic rings. The summed E-state index contributed by atoms with van der Waals surface area (Å²) < 4.78 is 13.1. The summed E-state index contributed by atoms with van der Waals surface area (Å²) in [5.41, 5.74) is 2.00. The molecule has 0 radical (unpaired) electrons. The summed E-state index contributed by atoms with van der Waals surface area (Å²) in [7, 11) is -1.08. The summed E-state index contributed by atoms with van der Waals surface area (Å²) in [5, 5.41) is 14.4. The van der Waals surface area contributed by atoms with E-state index in [1.165, 1.54) is 5.56 Å². The minimum absolute atomic E-state index is 0.0159. The molecule has 8 heteroatoms. The number of anilines is 2. The standard InChI is InChI=1S/C25H31ClN4O2S/c26-19-6-4-18(5-7-19)17-3-1-13-30(14-8-17)23-27-21-20(33(32)16-24(21)11-12-24)22(28-23)29-25(15-31)9-2-10-25/h4-7,17,31H,1-3,8-16H2,(H,27,28,29)/t17?,33-/m1/s1. The van der Waals surface area contributed by atoms with Crippen molar-refractivity contribution in [1.29, 1.82) is 0 Å². The van der Waals surface area contributed by atoms with Crippen LogP contribution in [0.4, 0.5) is 11.8 Å². The van der Waals surface area contributed by atoms with Crippen LogP contribution in [-0.4, -0.2) is 50.3 Å². The number of aromatic nitrogens is 2. The fourth-order valence-corrected chi connectivity index (χ4v) is 7.69. The van der Waals surface area contributed by atoms with Crippen LogP contribution in [0.3, 0.4) is 0 Å². The number of hydrogen-bond acceptors (Lipinski definition) is 6. The lowest BCUT2D eigenvalue weighted by Crippen LogP contribution is -2.48. The van der Waals surface area contributed by atoms with Gasteiger partial charge in [-0.05, 0) is 75.0 Å². The molecule has 0 bridgehead atoms. The molecule has 3 fully saturated rings. The molecule has 2 aliphatic heterocycles. The van der Waals surface area contributed by atoms with Crippen LogP contribution in [0.25, 0.3) is 0 Å². The predicted molar refractivity (Wildman–Crippen MR) is 132 cm³/mol.